The van der Waals surface area contributed by atoms with E-state index in [1.165, 1.54) is 18.1 Å². The van der Waals surface area contributed by atoms with Gasteiger partial charge in [0.15, 0.2) is 12.6 Å². The van der Waals surface area contributed by atoms with Gasteiger partial charge in [-0.15, -0.1) is 0 Å². The summed E-state index contributed by atoms with van der Waals surface area (Å²) >= 11 is 0. The Bertz CT molecular complexity index is 1370. The lowest BCUT2D eigenvalue weighted by Crippen LogP contribution is -2.68. The summed E-state index contributed by atoms with van der Waals surface area (Å²) in [4.78, 5) is 0. The first kappa shape index (κ1) is 42.6. The number of aliphatic hydroxyl groups is 8. The lowest BCUT2D eigenvalue weighted by molar-refractivity contribution is -0.379. The Hall–Kier alpha value is -1.00. The SMILES string of the molecule is CCC1(C)C(O)CC[C@]2(C)C3C[C@H](O)[C@H]4[C@@H](/C(C)=C\CC=C(C)C)CC[C@]4(C)C3CC(O[C@@H]3O[C@H](CO)[C@@H](O)[C@H](O)[C@H]3O[C@@H]3O[C@@H](C)[C@H](O)[C@@H](O)[C@H]3O)C12. The van der Waals surface area contributed by atoms with E-state index in [9.17, 15) is 40.9 Å². The maximum atomic E-state index is 12.2. The van der Waals surface area contributed by atoms with E-state index >= 15 is 0 Å². The summed E-state index contributed by atoms with van der Waals surface area (Å²) in [5, 5.41) is 88.3. The van der Waals surface area contributed by atoms with Crippen molar-refractivity contribution < 1.29 is 59.8 Å². The average Bonchev–Trinajstić information content (AvgIpc) is 3.50. The van der Waals surface area contributed by atoms with E-state index in [0.717, 1.165) is 25.7 Å². The van der Waals surface area contributed by atoms with Crippen LogP contribution in [0.2, 0.25) is 0 Å². The second-order valence-corrected chi connectivity index (χ2v) is 19.0. The summed E-state index contributed by atoms with van der Waals surface area (Å²) in [5.74, 6) is 0.473. The summed E-state index contributed by atoms with van der Waals surface area (Å²) in [7, 11) is 0. The Labute approximate surface area is 321 Å². The van der Waals surface area contributed by atoms with Gasteiger partial charge in [0.25, 0.3) is 0 Å². The molecule has 0 aromatic rings. The minimum absolute atomic E-state index is 0.0701. The van der Waals surface area contributed by atoms with Gasteiger partial charge in [0, 0.05) is 0 Å². The van der Waals surface area contributed by atoms with E-state index in [-0.39, 0.29) is 40.4 Å². The smallest absolute Gasteiger partial charge is 0.187 e. The van der Waals surface area contributed by atoms with Gasteiger partial charge in [-0.2, -0.15) is 0 Å². The molecule has 6 unspecified atom stereocenters. The van der Waals surface area contributed by atoms with Crippen LogP contribution in [0.5, 0.6) is 0 Å². The molecule has 0 aromatic carbocycles. The van der Waals surface area contributed by atoms with E-state index in [1.54, 1.807) is 0 Å². The monoisotopic (exact) mass is 766 g/mol. The predicted molar refractivity (Wildman–Crippen MR) is 199 cm³/mol. The molecular weight excluding hydrogens is 696 g/mol. The van der Waals surface area contributed by atoms with Gasteiger partial charge in [0.05, 0.1) is 31.0 Å². The Balaban J connectivity index is 1.37. The fraction of sp³-hybridized carbons (Fsp3) is 0.905. The Morgan fingerprint density at radius 1 is 0.759 bits per heavy atom. The third-order valence-corrected chi connectivity index (χ3v) is 15.8. The summed E-state index contributed by atoms with van der Waals surface area (Å²) in [5.41, 5.74) is 1.50. The zero-order chi connectivity index (χ0) is 39.7. The highest BCUT2D eigenvalue weighted by Gasteiger charge is 2.69. The first-order valence-electron chi connectivity index (χ1n) is 20.6. The number of aliphatic hydroxyl groups excluding tert-OH is 8. The molecule has 12 heteroatoms. The molecule has 4 saturated carbocycles. The number of hydrogen-bond donors (Lipinski definition) is 8. The molecule has 6 rings (SSSR count). The quantitative estimate of drug-likeness (QED) is 0.126. The van der Waals surface area contributed by atoms with Crippen LogP contribution in [0, 0.1) is 45.8 Å². The molecule has 2 aliphatic heterocycles. The lowest BCUT2D eigenvalue weighted by atomic mass is 9.38. The Morgan fingerprint density at radius 2 is 1.43 bits per heavy atom. The number of hydrogen-bond acceptors (Lipinski definition) is 12. The van der Waals surface area contributed by atoms with Gasteiger partial charge in [-0.25, -0.2) is 0 Å². The Morgan fingerprint density at radius 3 is 2.07 bits per heavy atom. The van der Waals surface area contributed by atoms with Crippen molar-refractivity contribution in [3.05, 3.63) is 23.3 Å². The van der Waals surface area contributed by atoms with E-state index in [1.807, 2.05) is 0 Å². The van der Waals surface area contributed by atoms with Crippen LogP contribution in [-0.4, -0.2) is 127 Å². The minimum Gasteiger partial charge on any atom is -0.394 e. The van der Waals surface area contributed by atoms with Crippen molar-refractivity contribution in [2.45, 2.75) is 186 Å². The normalized spacial score (nSPS) is 53.7. The van der Waals surface area contributed by atoms with Gasteiger partial charge in [-0.3, -0.25) is 0 Å². The Kier molecular flexibility index (Phi) is 12.6. The topological polar surface area (TPSA) is 199 Å². The second-order valence-electron chi connectivity index (χ2n) is 19.0. The van der Waals surface area contributed by atoms with Crippen LogP contribution in [0.3, 0.4) is 0 Å². The van der Waals surface area contributed by atoms with Gasteiger partial charge in [0.1, 0.15) is 42.7 Å². The summed E-state index contributed by atoms with van der Waals surface area (Å²) < 4.78 is 25.2. The number of ether oxygens (including phenoxy) is 4. The third-order valence-electron chi connectivity index (χ3n) is 15.8. The first-order chi connectivity index (χ1) is 25.3. The predicted octanol–water partition coefficient (Wildman–Crippen LogP) is 2.95. The summed E-state index contributed by atoms with van der Waals surface area (Å²) in [6.07, 6.45) is -5.05. The van der Waals surface area contributed by atoms with Crippen LogP contribution < -0.4 is 0 Å². The van der Waals surface area contributed by atoms with Crippen LogP contribution in [0.15, 0.2) is 23.3 Å². The van der Waals surface area contributed by atoms with E-state index in [0.29, 0.717) is 25.7 Å². The highest BCUT2D eigenvalue weighted by atomic mass is 16.8. The van der Waals surface area contributed by atoms with Gasteiger partial charge < -0.3 is 59.8 Å². The molecule has 0 bridgehead atoms. The molecule has 0 aromatic heterocycles. The van der Waals surface area contributed by atoms with Crippen molar-refractivity contribution in [2.24, 2.45) is 45.8 Å². The molecule has 6 aliphatic rings. The van der Waals surface area contributed by atoms with Crippen molar-refractivity contribution in [3.63, 3.8) is 0 Å². The molecule has 0 amide bonds. The second kappa shape index (κ2) is 16.0. The molecule has 4 aliphatic carbocycles. The van der Waals surface area contributed by atoms with Crippen LogP contribution in [0.4, 0.5) is 0 Å². The lowest BCUT2D eigenvalue weighted by Gasteiger charge is -2.68. The zero-order valence-electron chi connectivity index (χ0n) is 33.6. The zero-order valence-corrected chi connectivity index (χ0v) is 33.6. The van der Waals surface area contributed by atoms with Crippen molar-refractivity contribution >= 4 is 0 Å². The molecule has 6 fully saturated rings. The molecule has 12 nitrogen and oxygen atoms in total. The van der Waals surface area contributed by atoms with Crippen molar-refractivity contribution in [1.29, 1.82) is 0 Å². The van der Waals surface area contributed by atoms with Crippen molar-refractivity contribution in [3.8, 4) is 0 Å². The molecule has 8 N–H and O–H groups in total. The fourth-order valence-corrected chi connectivity index (χ4v) is 12.6. The third kappa shape index (κ3) is 7.10. The standard InChI is InChI=1S/C42H70O12/c1-9-40(6)29(45)14-16-42(8)24-17-26(44)30-23(21(4)12-10-11-20(2)3)13-15-41(30,7)25(24)18-27(37(40)42)52-39-36(34(49)32(47)28(19-43)53-39)54-38-35(50)33(48)31(46)22(5)51-38/h11-12,22-39,43-50H,9-10,13-19H2,1-8H3/b21-12-/t22-,23+,24?,25?,26-,27?,28+,29?,30+,31-,32+,33+,34-,35+,36+,37?,38-,39+,40?,41+,42+/m0/s1. The van der Waals surface area contributed by atoms with Crippen molar-refractivity contribution in [1.82, 2.24) is 0 Å². The number of allylic oxidation sites excluding steroid dienone is 4. The van der Waals surface area contributed by atoms with Crippen LogP contribution in [0.25, 0.3) is 0 Å². The van der Waals surface area contributed by atoms with E-state index < -0.39 is 91.7 Å². The van der Waals surface area contributed by atoms with E-state index in [4.69, 9.17) is 18.9 Å². The molecule has 2 heterocycles. The minimum atomic E-state index is -1.67. The van der Waals surface area contributed by atoms with Crippen molar-refractivity contribution in [2.75, 3.05) is 6.61 Å². The largest absolute Gasteiger partial charge is 0.394 e. The molecular formula is C42H70O12. The molecule has 0 spiro atoms. The van der Waals surface area contributed by atoms with Gasteiger partial charge in [-0.05, 0) is 125 Å². The summed E-state index contributed by atoms with van der Waals surface area (Å²) in [6.45, 7) is 16.2. The molecule has 310 valence electrons. The van der Waals surface area contributed by atoms with Gasteiger partial charge in [-0.1, -0.05) is 51.0 Å². The molecule has 2 saturated heterocycles. The molecule has 0 radical (unpaired) electrons. The van der Waals surface area contributed by atoms with Crippen LogP contribution in [0.1, 0.15) is 107 Å². The molecule has 21 atom stereocenters. The first-order valence-corrected chi connectivity index (χ1v) is 20.6. The number of rotatable bonds is 9. The van der Waals surface area contributed by atoms with E-state index in [2.05, 4.69) is 60.6 Å². The maximum Gasteiger partial charge on any atom is 0.187 e. The van der Waals surface area contributed by atoms with Gasteiger partial charge >= 0.3 is 0 Å². The maximum absolute atomic E-state index is 12.2. The van der Waals surface area contributed by atoms with Gasteiger partial charge in [0.2, 0.25) is 0 Å². The van der Waals surface area contributed by atoms with Crippen LogP contribution in [-0.2, 0) is 18.9 Å². The summed E-state index contributed by atoms with van der Waals surface area (Å²) in [6, 6.07) is 0. The van der Waals surface area contributed by atoms with Crippen LogP contribution >= 0.6 is 0 Å². The fourth-order valence-electron chi connectivity index (χ4n) is 12.6. The highest BCUT2D eigenvalue weighted by molar-refractivity contribution is 5.21. The number of fused-ring (bicyclic) bond motifs is 5. The highest BCUT2D eigenvalue weighted by Crippen LogP contribution is 2.71. The molecule has 54 heavy (non-hydrogen) atoms. The average molecular weight is 767 g/mol.